The summed E-state index contributed by atoms with van der Waals surface area (Å²) in [5.41, 5.74) is 1.02. The third-order valence-corrected chi connectivity index (χ3v) is 5.99. The molecule has 0 saturated carbocycles. The first kappa shape index (κ1) is 20.7. The average molecular weight is 430 g/mol. The van der Waals surface area contributed by atoms with Crippen molar-refractivity contribution < 1.29 is 23.7 Å². The molecule has 1 amide bonds. The van der Waals surface area contributed by atoms with Gasteiger partial charge in [-0.1, -0.05) is 19.9 Å². The van der Waals surface area contributed by atoms with Gasteiger partial charge in [-0.05, 0) is 41.8 Å². The molecule has 160 valence electrons. The molecule has 2 aliphatic heterocycles. The Labute approximate surface area is 181 Å². The van der Waals surface area contributed by atoms with Crippen LogP contribution < -0.4 is 24.3 Å². The molecule has 0 aliphatic carbocycles. The van der Waals surface area contributed by atoms with Crippen molar-refractivity contribution in [2.45, 2.75) is 31.2 Å². The number of carbonyl (C=O) groups excluding carboxylic acids is 1. The van der Waals surface area contributed by atoms with E-state index < -0.39 is 0 Å². The highest BCUT2D eigenvalue weighted by atomic mass is 32.2. The molecule has 2 aromatic carbocycles. The lowest BCUT2D eigenvalue weighted by molar-refractivity contribution is -0.119. The first-order chi connectivity index (χ1) is 14.6. The number of hydrogen-bond donors (Lipinski definition) is 1. The number of fused-ring (bicyclic) bond motifs is 2. The summed E-state index contributed by atoms with van der Waals surface area (Å²) in [6.45, 7) is 6.62. The van der Waals surface area contributed by atoms with Crippen molar-refractivity contribution >= 4 is 17.7 Å². The number of thioether (sulfide) groups is 1. The number of ether oxygens (including phenoxy) is 4. The van der Waals surface area contributed by atoms with E-state index in [1.54, 1.807) is 0 Å². The summed E-state index contributed by atoms with van der Waals surface area (Å²) < 4.78 is 22.7. The van der Waals surface area contributed by atoms with Crippen molar-refractivity contribution in [3.05, 3.63) is 42.0 Å². The van der Waals surface area contributed by atoms with Gasteiger partial charge in [0.2, 0.25) is 5.91 Å². The number of carbonyl (C=O) groups is 1. The largest absolute Gasteiger partial charge is 0.490 e. The van der Waals surface area contributed by atoms with Crippen LogP contribution in [0.4, 0.5) is 0 Å². The molecule has 2 heterocycles. The van der Waals surface area contributed by atoms with Gasteiger partial charge in [0.25, 0.3) is 0 Å². The average Bonchev–Trinajstić information content (AvgIpc) is 3.00. The van der Waals surface area contributed by atoms with Crippen molar-refractivity contribution in [2.24, 2.45) is 5.92 Å². The van der Waals surface area contributed by atoms with Crippen LogP contribution in [0.5, 0.6) is 23.0 Å². The normalized spacial score (nSPS) is 16.0. The van der Waals surface area contributed by atoms with Gasteiger partial charge in [0.15, 0.2) is 23.0 Å². The van der Waals surface area contributed by atoms with Crippen LogP contribution in [-0.2, 0) is 4.79 Å². The van der Waals surface area contributed by atoms with Crippen molar-refractivity contribution in [3.8, 4) is 23.0 Å². The van der Waals surface area contributed by atoms with Crippen LogP contribution in [0, 0.1) is 5.92 Å². The summed E-state index contributed by atoms with van der Waals surface area (Å²) in [7, 11) is 0. The van der Waals surface area contributed by atoms with Gasteiger partial charge in [-0.15, -0.1) is 11.8 Å². The highest BCUT2D eigenvalue weighted by Gasteiger charge is 2.21. The van der Waals surface area contributed by atoms with Crippen molar-refractivity contribution in [3.63, 3.8) is 0 Å². The van der Waals surface area contributed by atoms with Crippen LogP contribution in [0.15, 0.2) is 41.3 Å². The van der Waals surface area contributed by atoms with Crippen molar-refractivity contribution in [1.29, 1.82) is 0 Å². The zero-order valence-electron chi connectivity index (χ0n) is 17.3. The Bertz CT molecular complexity index is 901. The monoisotopic (exact) mass is 429 g/mol. The lowest BCUT2D eigenvalue weighted by Gasteiger charge is -2.24. The minimum absolute atomic E-state index is 0.0132. The molecule has 1 N–H and O–H groups in total. The third kappa shape index (κ3) is 4.95. The van der Waals surface area contributed by atoms with E-state index in [1.807, 2.05) is 36.4 Å². The van der Waals surface area contributed by atoms with E-state index in [-0.39, 0.29) is 17.9 Å². The van der Waals surface area contributed by atoms with Crippen LogP contribution >= 0.6 is 11.8 Å². The van der Waals surface area contributed by atoms with E-state index in [0.29, 0.717) is 32.2 Å². The van der Waals surface area contributed by atoms with E-state index in [0.717, 1.165) is 39.9 Å². The topological polar surface area (TPSA) is 66.0 Å². The van der Waals surface area contributed by atoms with E-state index in [1.165, 1.54) is 11.8 Å². The Morgan fingerprint density at radius 2 is 1.53 bits per heavy atom. The van der Waals surface area contributed by atoms with Crippen LogP contribution in [0.1, 0.15) is 31.9 Å². The molecule has 0 spiro atoms. The zero-order chi connectivity index (χ0) is 20.9. The number of nitrogens with one attached hydrogen (secondary N) is 1. The summed E-state index contributed by atoms with van der Waals surface area (Å²) in [4.78, 5) is 13.7. The van der Waals surface area contributed by atoms with Gasteiger partial charge >= 0.3 is 0 Å². The van der Waals surface area contributed by atoms with E-state index in [2.05, 4.69) is 19.2 Å². The number of amides is 1. The highest BCUT2D eigenvalue weighted by Crippen LogP contribution is 2.35. The van der Waals surface area contributed by atoms with Gasteiger partial charge in [0.05, 0.1) is 25.0 Å². The first-order valence-electron chi connectivity index (χ1n) is 10.3. The molecule has 0 saturated heterocycles. The molecule has 2 aromatic rings. The van der Waals surface area contributed by atoms with E-state index in [9.17, 15) is 4.79 Å². The maximum absolute atomic E-state index is 12.7. The highest BCUT2D eigenvalue weighted by molar-refractivity contribution is 8.00. The molecule has 0 unspecified atom stereocenters. The summed E-state index contributed by atoms with van der Waals surface area (Å²) >= 11 is 1.48. The quantitative estimate of drug-likeness (QED) is 0.694. The van der Waals surface area contributed by atoms with E-state index in [4.69, 9.17) is 18.9 Å². The maximum atomic E-state index is 12.7. The molecule has 0 aromatic heterocycles. The van der Waals surface area contributed by atoms with Crippen molar-refractivity contribution in [2.75, 3.05) is 32.2 Å². The summed E-state index contributed by atoms with van der Waals surface area (Å²) in [6, 6.07) is 11.6. The van der Waals surface area contributed by atoms with Crippen LogP contribution in [-0.4, -0.2) is 38.1 Å². The summed E-state index contributed by atoms with van der Waals surface area (Å²) in [5, 5.41) is 3.18. The van der Waals surface area contributed by atoms with Crippen LogP contribution in [0.25, 0.3) is 0 Å². The molecule has 0 fully saturated rings. The molecule has 0 radical (unpaired) electrons. The lowest BCUT2D eigenvalue weighted by atomic mass is 9.95. The maximum Gasteiger partial charge on any atom is 0.230 e. The number of benzene rings is 2. The Hall–Kier alpha value is -2.54. The number of rotatable bonds is 6. The third-order valence-electron chi connectivity index (χ3n) is 5.00. The van der Waals surface area contributed by atoms with Gasteiger partial charge in [0.1, 0.15) is 13.2 Å². The standard InChI is InChI=1S/C23H27NO5S/c1-15(2)23(16-4-6-18-20(12-16)27-9-3-8-26-18)24-22(25)14-30-17-5-7-19-21(13-17)29-11-10-28-19/h4-7,12-13,15,23H,3,8-11,14H2,1-2H3,(H,24,25)/t23-/m1/s1. The summed E-state index contributed by atoms with van der Waals surface area (Å²) in [6.07, 6.45) is 0.867. The molecule has 2 aliphatic rings. The Morgan fingerprint density at radius 1 is 0.900 bits per heavy atom. The predicted molar refractivity (Wildman–Crippen MR) is 116 cm³/mol. The van der Waals surface area contributed by atoms with Crippen molar-refractivity contribution in [1.82, 2.24) is 5.32 Å². The number of hydrogen-bond acceptors (Lipinski definition) is 6. The van der Waals surface area contributed by atoms with Crippen LogP contribution in [0.3, 0.4) is 0 Å². The molecule has 4 rings (SSSR count). The smallest absolute Gasteiger partial charge is 0.230 e. The molecule has 0 bridgehead atoms. The first-order valence-corrected chi connectivity index (χ1v) is 11.3. The fourth-order valence-corrected chi connectivity index (χ4v) is 4.22. The molecular weight excluding hydrogens is 402 g/mol. The summed E-state index contributed by atoms with van der Waals surface area (Å²) in [5.74, 6) is 3.55. The Morgan fingerprint density at radius 3 is 2.30 bits per heavy atom. The second-order valence-electron chi connectivity index (χ2n) is 7.64. The van der Waals surface area contributed by atoms with E-state index >= 15 is 0 Å². The van der Waals surface area contributed by atoms with Gasteiger partial charge in [-0.2, -0.15) is 0 Å². The fourth-order valence-electron chi connectivity index (χ4n) is 3.49. The van der Waals surface area contributed by atoms with Gasteiger partial charge < -0.3 is 24.3 Å². The van der Waals surface area contributed by atoms with Gasteiger partial charge in [-0.25, -0.2) is 0 Å². The Balaban J connectivity index is 1.39. The molecular formula is C23H27NO5S. The Kier molecular flexibility index (Phi) is 6.57. The van der Waals surface area contributed by atoms with Gasteiger partial charge in [0, 0.05) is 11.3 Å². The second kappa shape index (κ2) is 9.51. The molecule has 6 nitrogen and oxygen atoms in total. The SMILES string of the molecule is CC(C)[C@@H](NC(=O)CSc1ccc2c(c1)OCCO2)c1ccc2c(c1)OCCCO2. The zero-order valence-corrected chi connectivity index (χ0v) is 18.1. The van der Waals surface area contributed by atoms with Crippen LogP contribution in [0.2, 0.25) is 0 Å². The molecule has 30 heavy (non-hydrogen) atoms. The second-order valence-corrected chi connectivity index (χ2v) is 8.69. The van der Waals surface area contributed by atoms with Gasteiger partial charge in [-0.3, -0.25) is 4.79 Å². The minimum Gasteiger partial charge on any atom is -0.490 e. The lowest BCUT2D eigenvalue weighted by Crippen LogP contribution is -2.33. The fraction of sp³-hybridized carbons (Fsp3) is 0.435. The molecule has 1 atom stereocenters. The predicted octanol–water partition coefficient (Wildman–Crippen LogP) is 4.22. The minimum atomic E-state index is -0.101. The molecule has 7 heteroatoms.